The second-order valence-corrected chi connectivity index (χ2v) is 5.78. The first-order valence-corrected chi connectivity index (χ1v) is 7.55. The third-order valence-corrected chi connectivity index (χ3v) is 4.56. The van der Waals surface area contributed by atoms with E-state index in [-0.39, 0.29) is 4.90 Å². The van der Waals surface area contributed by atoms with Gasteiger partial charge in [-0.1, -0.05) is 19.0 Å². The first-order valence-electron chi connectivity index (χ1n) is 6.07. The third-order valence-electron chi connectivity index (χ3n) is 2.85. The van der Waals surface area contributed by atoms with Gasteiger partial charge in [0.05, 0.1) is 0 Å². The largest absolute Gasteiger partial charge is 0.360 e. The molecule has 0 aromatic carbocycles. The van der Waals surface area contributed by atoms with Gasteiger partial charge in [0.2, 0.25) is 10.0 Å². The van der Waals surface area contributed by atoms with E-state index in [4.69, 9.17) is 4.52 Å². The molecule has 1 N–H and O–H groups in total. The second kappa shape index (κ2) is 6.31. The number of aromatic nitrogens is 1. The zero-order chi connectivity index (χ0) is 13.8. The van der Waals surface area contributed by atoms with Crippen LogP contribution in [0.4, 0.5) is 0 Å². The molecule has 1 rings (SSSR count). The van der Waals surface area contributed by atoms with Crippen LogP contribution in [0.15, 0.2) is 9.42 Å². The van der Waals surface area contributed by atoms with Crippen molar-refractivity contribution >= 4 is 10.0 Å². The fourth-order valence-corrected chi connectivity index (χ4v) is 3.15. The normalized spacial score (nSPS) is 12.3. The highest BCUT2D eigenvalue weighted by Crippen LogP contribution is 2.18. The van der Waals surface area contributed by atoms with Gasteiger partial charge in [-0.2, -0.15) is 0 Å². The van der Waals surface area contributed by atoms with Crippen LogP contribution in [0.5, 0.6) is 0 Å². The van der Waals surface area contributed by atoms with E-state index in [0.717, 1.165) is 13.1 Å². The Kier molecular flexibility index (Phi) is 5.30. The van der Waals surface area contributed by atoms with Crippen LogP contribution < -0.4 is 4.72 Å². The number of aryl methyl sites for hydroxylation is 2. The van der Waals surface area contributed by atoms with Crippen LogP contribution >= 0.6 is 0 Å². The number of hydrogen-bond donors (Lipinski definition) is 1. The predicted molar refractivity (Wildman–Crippen MR) is 69.0 cm³/mol. The molecule has 1 heterocycles. The monoisotopic (exact) mass is 275 g/mol. The third kappa shape index (κ3) is 3.54. The summed E-state index contributed by atoms with van der Waals surface area (Å²) >= 11 is 0. The van der Waals surface area contributed by atoms with E-state index in [0.29, 0.717) is 24.5 Å². The number of rotatable bonds is 7. The Morgan fingerprint density at radius 3 is 2.33 bits per heavy atom. The van der Waals surface area contributed by atoms with Crippen LogP contribution in [0.2, 0.25) is 0 Å². The zero-order valence-corrected chi connectivity index (χ0v) is 12.2. The molecular weight excluding hydrogens is 254 g/mol. The van der Waals surface area contributed by atoms with Gasteiger partial charge in [0.1, 0.15) is 10.6 Å². The average Bonchev–Trinajstić information content (AvgIpc) is 2.65. The molecule has 0 unspecified atom stereocenters. The fourth-order valence-electron chi connectivity index (χ4n) is 1.81. The summed E-state index contributed by atoms with van der Waals surface area (Å²) in [6, 6.07) is 0. The van der Waals surface area contributed by atoms with Gasteiger partial charge in [0, 0.05) is 13.1 Å². The highest BCUT2D eigenvalue weighted by molar-refractivity contribution is 7.89. The van der Waals surface area contributed by atoms with Gasteiger partial charge in [0.15, 0.2) is 5.76 Å². The highest BCUT2D eigenvalue weighted by atomic mass is 32.2. The topological polar surface area (TPSA) is 75.4 Å². The molecule has 1 aromatic heterocycles. The lowest BCUT2D eigenvalue weighted by Crippen LogP contribution is -2.35. The van der Waals surface area contributed by atoms with Gasteiger partial charge < -0.3 is 9.42 Å². The maximum absolute atomic E-state index is 12.1. The molecule has 1 aromatic rings. The van der Waals surface area contributed by atoms with E-state index in [2.05, 4.69) is 14.8 Å². The maximum atomic E-state index is 12.1. The first-order chi connectivity index (χ1) is 8.42. The Hall–Kier alpha value is -0.920. The molecule has 0 spiro atoms. The molecule has 0 radical (unpaired) electrons. The molecule has 18 heavy (non-hydrogen) atoms. The Morgan fingerprint density at radius 2 is 1.89 bits per heavy atom. The molecule has 0 saturated carbocycles. The maximum Gasteiger partial charge on any atom is 0.246 e. The van der Waals surface area contributed by atoms with Crippen molar-refractivity contribution in [3.8, 4) is 0 Å². The molecule has 0 saturated heterocycles. The number of nitrogens with one attached hydrogen (secondary N) is 1. The van der Waals surface area contributed by atoms with Crippen LogP contribution in [0.1, 0.15) is 25.3 Å². The second-order valence-electron chi connectivity index (χ2n) is 4.08. The summed E-state index contributed by atoms with van der Waals surface area (Å²) < 4.78 is 31.6. The zero-order valence-electron chi connectivity index (χ0n) is 11.4. The minimum Gasteiger partial charge on any atom is -0.360 e. The molecule has 0 atom stereocenters. The van der Waals surface area contributed by atoms with Crippen LogP contribution in [-0.2, 0) is 10.0 Å². The van der Waals surface area contributed by atoms with E-state index in [1.54, 1.807) is 13.8 Å². The summed E-state index contributed by atoms with van der Waals surface area (Å²) in [6.45, 7) is 10.2. The van der Waals surface area contributed by atoms with Crippen molar-refractivity contribution < 1.29 is 12.9 Å². The average molecular weight is 275 g/mol. The molecule has 0 aliphatic rings. The highest BCUT2D eigenvalue weighted by Gasteiger charge is 2.23. The van der Waals surface area contributed by atoms with Crippen molar-refractivity contribution in [1.82, 2.24) is 14.8 Å². The number of sulfonamides is 1. The molecule has 0 bridgehead atoms. The van der Waals surface area contributed by atoms with Crippen LogP contribution in [0, 0.1) is 13.8 Å². The van der Waals surface area contributed by atoms with Crippen molar-refractivity contribution in [2.45, 2.75) is 32.6 Å². The van der Waals surface area contributed by atoms with Crippen molar-refractivity contribution in [3.05, 3.63) is 11.5 Å². The van der Waals surface area contributed by atoms with Crippen molar-refractivity contribution in [2.24, 2.45) is 0 Å². The van der Waals surface area contributed by atoms with Gasteiger partial charge in [-0.05, 0) is 26.9 Å². The lowest BCUT2D eigenvalue weighted by molar-refractivity contribution is 0.309. The Labute approximate surface area is 108 Å². The summed E-state index contributed by atoms with van der Waals surface area (Å²) in [5, 5.41) is 3.65. The summed E-state index contributed by atoms with van der Waals surface area (Å²) in [5.41, 5.74) is 0.392. The summed E-state index contributed by atoms with van der Waals surface area (Å²) in [6.07, 6.45) is 0. The SMILES string of the molecule is CCN(CC)CCNS(=O)(=O)c1c(C)noc1C. The summed E-state index contributed by atoms with van der Waals surface area (Å²) in [7, 11) is -3.52. The van der Waals surface area contributed by atoms with Gasteiger partial charge in [-0.3, -0.25) is 0 Å². The van der Waals surface area contributed by atoms with E-state index in [1.165, 1.54) is 0 Å². The minimum atomic E-state index is -3.52. The Balaban J connectivity index is 2.67. The van der Waals surface area contributed by atoms with E-state index in [1.807, 2.05) is 13.8 Å². The van der Waals surface area contributed by atoms with Crippen molar-refractivity contribution in [1.29, 1.82) is 0 Å². The summed E-state index contributed by atoms with van der Waals surface area (Å²) in [5.74, 6) is 0.322. The molecule has 7 heteroatoms. The molecule has 6 nitrogen and oxygen atoms in total. The number of nitrogens with zero attached hydrogens (tertiary/aromatic N) is 2. The number of hydrogen-bond acceptors (Lipinski definition) is 5. The van der Waals surface area contributed by atoms with Gasteiger partial charge in [-0.15, -0.1) is 0 Å². The van der Waals surface area contributed by atoms with Crippen molar-refractivity contribution in [2.75, 3.05) is 26.2 Å². The lowest BCUT2D eigenvalue weighted by Gasteiger charge is -2.17. The van der Waals surface area contributed by atoms with Crippen molar-refractivity contribution in [3.63, 3.8) is 0 Å². The van der Waals surface area contributed by atoms with Crippen LogP contribution in [0.3, 0.4) is 0 Å². The smallest absolute Gasteiger partial charge is 0.246 e. The summed E-state index contributed by atoms with van der Waals surface area (Å²) in [4.78, 5) is 2.30. The first kappa shape index (κ1) is 15.1. The molecule has 0 fully saturated rings. The van der Waals surface area contributed by atoms with Crippen LogP contribution in [-0.4, -0.2) is 44.7 Å². The Morgan fingerprint density at radius 1 is 1.28 bits per heavy atom. The molecular formula is C11H21N3O3S. The molecule has 0 amide bonds. The Bertz CT molecular complexity index is 458. The van der Waals surface area contributed by atoms with E-state index < -0.39 is 10.0 Å². The fraction of sp³-hybridized carbons (Fsp3) is 0.727. The predicted octanol–water partition coefficient (Wildman–Crippen LogP) is 0.912. The number of likely N-dealkylation sites (N-methyl/N-ethyl adjacent to an activating group) is 1. The lowest BCUT2D eigenvalue weighted by atomic mass is 10.4. The molecule has 0 aliphatic carbocycles. The van der Waals surface area contributed by atoms with Gasteiger partial charge in [-0.25, -0.2) is 13.1 Å². The minimum absolute atomic E-state index is 0.155. The van der Waals surface area contributed by atoms with Gasteiger partial charge >= 0.3 is 0 Å². The van der Waals surface area contributed by atoms with Gasteiger partial charge in [0.25, 0.3) is 0 Å². The van der Waals surface area contributed by atoms with E-state index in [9.17, 15) is 8.42 Å². The molecule has 0 aliphatic heterocycles. The molecule has 104 valence electrons. The quantitative estimate of drug-likeness (QED) is 0.800. The standard InChI is InChI=1S/C11H21N3O3S/c1-5-14(6-2)8-7-12-18(15,16)11-9(3)13-17-10(11)4/h12H,5-8H2,1-4H3. The van der Waals surface area contributed by atoms with Crippen LogP contribution in [0.25, 0.3) is 0 Å². The van der Waals surface area contributed by atoms with E-state index >= 15 is 0 Å².